The van der Waals surface area contributed by atoms with E-state index in [4.69, 9.17) is 11.6 Å². The second-order valence-electron chi connectivity index (χ2n) is 6.54. The van der Waals surface area contributed by atoms with Gasteiger partial charge in [-0.3, -0.25) is 4.79 Å². The molecule has 0 fully saturated rings. The molecule has 1 heterocycles. The minimum absolute atomic E-state index is 0.00275. The number of thiazole rings is 1. The summed E-state index contributed by atoms with van der Waals surface area (Å²) in [6.07, 6.45) is 0.902. The number of amides is 1. The summed E-state index contributed by atoms with van der Waals surface area (Å²) in [6, 6.07) is 0. The van der Waals surface area contributed by atoms with Crippen molar-refractivity contribution in [2.24, 2.45) is 11.3 Å². The lowest BCUT2D eigenvalue weighted by molar-refractivity contribution is -0.140. The number of methoxy groups -OCH3 is 1. The molecule has 0 aliphatic heterocycles. The molecule has 0 bridgehead atoms. The van der Waals surface area contributed by atoms with E-state index in [1.807, 2.05) is 13.8 Å². The number of nitrogens with zero attached hydrogens (tertiary/aromatic N) is 2. The fourth-order valence-electron chi connectivity index (χ4n) is 1.90. The number of carbonyl (C=O) groups is 2. The summed E-state index contributed by atoms with van der Waals surface area (Å²) in [7, 11) is 1.32. The average molecular weight is 361 g/mol. The van der Waals surface area contributed by atoms with Crippen molar-refractivity contribution in [3.63, 3.8) is 0 Å². The van der Waals surface area contributed by atoms with Crippen LogP contribution in [0.2, 0.25) is 0 Å². The second-order valence-corrected chi connectivity index (χ2v) is 7.75. The Morgan fingerprint density at radius 3 is 2.61 bits per heavy atom. The molecule has 0 saturated heterocycles. The molecule has 0 aromatic carbocycles. The Morgan fingerprint density at radius 1 is 1.43 bits per heavy atom. The van der Waals surface area contributed by atoms with Crippen LogP contribution in [0.1, 0.15) is 49.6 Å². The smallest absolute Gasteiger partial charge is 0.357 e. The van der Waals surface area contributed by atoms with Crippen molar-refractivity contribution >= 4 is 34.8 Å². The average Bonchev–Trinajstić information content (AvgIpc) is 2.98. The van der Waals surface area contributed by atoms with E-state index in [0.29, 0.717) is 24.0 Å². The molecule has 1 amide bonds. The lowest BCUT2D eigenvalue weighted by atomic mass is 9.94. The van der Waals surface area contributed by atoms with Crippen molar-refractivity contribution in [1.29, 1.82) is 0 Å². The van der Waals surface area contributed by atoms with Crippen molar-refractivity contribution in [2.75, 3.05) is 19.5 Å². The first-order valence-electron chi connectivity index (χ1n) is 7.59. The highest BCUT2D eigenvalue weighted by Gasteiger charge is 2.31. The van der Waals surface area contributed by atoms with Crippen molar-refractivity contribution in [3.05, 3.63) is 16.1 Å². The van der Waals surface area contributed by atoms with Crippen LogP contribution in [-0.4, -0.2) is 41.3 Å². The highest BCUT2D eigenvalue weighted by molar-refractivity contribution is 7.09. The minimum Gasteiger partial charge on any atom is -0.464 e. The van der Waals surface area contributed by atoms with Gasteiger partial charge in [0.15, 0.2) is 5.69 Å². The molecular formula is C16H25ClN2O3S. The van der Waals surface area contributed by atoms with Crippen LogP contribution in [0, 0.1) is 11.3 Å². The van der Waals surface area contributed by atoms with Gasteiger partial charge >= 0.3 is 5.97 Å². The van der Waals surface area contributed by atoms with Crippen LogP contribution < -0.4 is 0 Å². The number of hydrogen-bond acceptors (Lipinski definition) is 5. The SMILES string of the molecule is COC(=O)c1csc(CN(CCC(C)C)C(=O)C(C)(C)CCl)n1. The third-order valence-electron chi connectivity index (χ3n) is 3.45. The molecule has 5 nitrogen and oxygen atoms in total. The van der Waals surface area contributed by atoms with Crippen LogP contribution in [0.15, 0.2) is 5.38 Å². The van der Waals surface area contributed by atoms with E-state index < -0.39 is 11.4 Å². The topological polar surface area (TPSA) is 59.5 Å². The first-order chi connectivity index (χ1) is 10.7. The highest BCUT2D eigenvalue weighted by atomic mass is 35.5. The Labute approximate surface area is 147 Å². The summed E-state index contributed by atoms with van der Waals surface area (Å²) < 4.78 is 4.66. The predicted molar refractivity (Wildman–Crippen MR) is 92.8 cm³/mol. The normalized spacial score (nSPS) is 11.6. The summed E-state index contributed by atoms with van der Waals surface area (Å²) >= 11 is 7.29. The Morgan fingerprint density at radius 2 is 2.09 bits per heavy atom. The van der Waals surface area contributed by atoms with Gasteiger partial charge in [-0.1, -0.05) is 13.8 Å². The van der Waals surface area contributed by atoms with E-state index in [-0.39, 0.29) is 17.5 Å². The van der Waals surface area contributed by atoms with E-state index in [1.54, 1.807) is 10.3 Å². The van der Waals surface area contributed by atoms with Crippen molar-refractivity contribution in [1.82, 2.24) is 9.88 Å². The molecule has 0 radical (unpaired) electrons. The zero-order valence-corrected chi connectivity index (χ0v) is 16.0. The van der Waals surface area contributed by atoms with Gasteiger partial charge in [0.1, 0.15) is 5.01 Å². The fraction of sp³-hybridized carbons (Fsp3) is 0.688. The number of halogens is 1. The molecule has 23 heavy (non-hydrogen) atoms. The fourth-order valence-corrected chi connectivity index (χ4v) is 2.79. The standard InChI is InChI=1S/C16H25ClN2O3S/c1-11(2)6-7-19(15(21)16(3,4)10-17)8-13-18-12(9-23-13)14(20)22-5/h9,11H,6-8,10H2,1-5H3. The maximum Gasteiger partial charge on any atom is 0.357 e. The number of ether oxygens (including phenoxy) is 1. The lowest BCUT2D eigenvalue weighted by Crippen LogP contribution is -2.42. The Kier molecular flexibility index (Phi) is 7.48. The first-order valence-corrected chi connectivity index (χ1v) is 9.00. The van der Waals surface area contributed by atoms with Crippen LogP contribution in [0.25, 0.3) is 0 Å². The molecule has 7 heteroatoms. The summed E-state index contributed by atoms with van der Waals surface area (Å²) in [6.45, 7) is 8.94. The molecule has 1 aromatic rings. The van der Waals surface area contributed by atoms with E-state index in [2.05, 4.69) is 23.6 Å². The van der Waals surface area contributed by atoms with Crippen molar-refractivity contribution < 1.29 is 14.3 Å². The molecule has 1 aromatic heterocycles. The number of hydrogen-bond donors (Lipinski definition) is 0. The molecule has 130 valence electrons. The number of aromatic nitrogens is 1. The van der Waals surface area contributed by atoms with Crippen LogP contribution in [0.3, 0.4) is 0 Å². The summed E-state index contributed by atoms with van der Waals surface area (Å²) in [5, 5.41) is 2.37. The number of alkyl halides is 1. The van der Waals surface area contributed by atoms with Gasteiger partial charge in [0, 0.05) is 17.8 Å². The maximum atomic E-state index is 12.7. The zero-order chi connectivity index (χ0) is 17.6. The number of carbonyl (C=O) groups excluding carboxylic acids is 2. The molecule has 0 aliphatic rings. The maximum absolute atomic E-state index is 12.7. The van der Waals surface area contributed by atoms with E-state index in [9.17, 15) is 9.59 Å². The third-order valence-corrected chi connectivity index (χ3v) is 4.95. The van der Waals surface area contributed by atoms with E-state index in [1.165, 1.54) is 18.4 Å². The van der Waals surface area contributed by atoms with Gasteiger partial charge in [-0.15, -0.1) is 22.9 Å². The lowest BCUT2D eigenvalue weighted by Gasteiger charge is -2.30. The third kappa shape index (κ3) is 5.77. The van der Waals surface area contributed by atoms with Gasteiger partial charge in [0.25, 0.3) is 0 Å². The number of esters is 1. The summed E-state index contributed by atoms with van der Waals surface area (Å²) in [4.78, 5) is 30.3. The zero-order valence-electron chi connectivity index (χ0n) is 14.4. The number of rotatable bonds is 8. The summed E-state index contributed by atoms with van der Waals surface area (Å²) in [5.74, 6) is 0.290. The Bertz CT molecular complexity index is 543. The van der Waals surface area contributed by atoms with E-state index in [0.717, 1.165) is 6.42 Å². The largest absolute Gasteiger partial charge is 0.464 e. The highest BCUT2D eigenvalue weighted by Crippen LogP contribution is 2.23. The molecule has 0 atom stereocenters. The van der Waals surface area contributed by atoms with Gasteiger partial charge in [-0.25, -0.2) is 9.78 Å². The van der Waals surface area contributed by atoms with Crippen molar-refractivity contribution in [2.45, 2.75) is 40.7 Å². The molecule has 0 spiro atoms. The van der Waals surface area contributed by atoms with Gasteiger partial charge in [0.05, 0.1) is 19.1 Å². The molecule has 0 saturated carbocycles. The molecule has 1 rings (SSSR count). The van der Waals surface area contributed by atoms with Crippen LogP contribution >= 0.6 is 22.9 Å². The van der Waals surface area contributed by atoms with Gasteiger partial charge < -0.3 is 9.64 Å². The summed E-state index contributed by atoms with van der Waals surface area (Å²) in [5.41, 5.74) is -0.346. The minimum atomic E-state index is -0.624. The van der Waals surface area contributed by atoms with Crippen LogP contribution in [-0.2, 0) is 16.1 Å². The van der Waals surface area contributed by atoms with E-state index >= 15 is 0 Å². The van der Waals surface area contributed by atoms with Crippen LogP contribution in [0.5, 0.6) is 0 Å². The van der Waals surface area contributed by atoms with Gasteiger partial charge in [-0.05, 0) is 26.2 Å². The Balaban J connectivity index is 2.90. The quantitative estimate of drug-likeness (QED) is 0.525. The molecular weight excluding hydrogens is 336 g/mol. The molecule has 0 aliphatic carbocycles. The Hall–Kier alpha value is -1.14. The monoisotopic (exact) mass is 360 g/mol. The molecule has 0 unspecified atom stereocenters. The van der Waals surface area contributed by atoms with Gasteiger partial charge in [0.2, 0.25) is 5.91 Å². The second kappa shape index (κ2) is 8.64. The first kappa shape index (κ1) is 19.9. The van der Waals surface area contributed by atoms with Crippen LogP contribution in [0.4, 0.5) is 0 Å². The van der Waals surface area contributed by atoms with Gasteiger partial charge in [-0.2, -0.15) is 0 Å². The predicted octanol–water partition coefficient (Wildman–Crippen LogP) is 3.57. The van der Waals surface area contributed by atoms with Crippen molar-refractivity contribution in [3.8, 4) is 0 Å². The molecule has 0 N–H and O–H groups in total.